The van der Waals surface area contributed by atoms with Gasteiger partial charge in [-0.1, -0.05) is 11.6 Å². The summed E-state index contributed by atoms with van der Waals surface area (Å²) >= 11 is 5.89. The van der Waals surface area contributed by atoms with Crippen LogP contribution in [0, 0.1) is 0 Å². The summed E-state index contributed by atoms with van der Waals surface area (Å²) in [4.78, 5) is 4.16. The molecule has 2 rings (SSSR count). The van der Waals surface area contributed by atoms with E-state index in [0.29, 0.717) is 23.1 Å². The van der Waals surface area contributed by atoms with Crippen molar-refractivity contribution >= 4 is 17.3 Å². The van der Waals surface area contributed by atoms with Gasteiger partial charge in [0, 0.05) is 17.1 Å². The summed E-state index contributed by atoms with van der Waals surface area (Å²) in [7, 11) is 0. The smallest absolute Gasteiger partial charge is 0.165 e. The summed E-state index contributed by atoms with van der Waals surface area (Å²) in [5.41, 5.74) is 6.35. The van der Waals surface area contributed by atoms with E-state index >= 15 is 0 Å². The van der Waals surface area contributed by atoms with Crippen molar-refractivity contribution in [1.29, 1.82) is 0 Å². The van der Waals surface area contributed by atoms with Crippen molar-refractivity contribution in [2.45, 2.75) is 26.5 Å². The number of benzene rings is 1. The Labute approximate surface area is 111 Å². The summed E-state index contributed by atoms with van der Waals surface area (Å²) in [6.45, 7) is 4.38. The number of aromatic nitrogens is 3. The molecule has 2 N–H and O–H groups in total. The molecule has 18 heavy (non-hydrogen) atoms. The van der Waals surface area contributed by atoms with E-state index in [1.54, 1.807) is 22.9 Å². The van der Waals surface area contributed by atoms with Crippen molar-refractivity contribution in [3.63, 3.8) is 0 Å². The molecular formula is C12H15ClN4O. The van der Waals surface area contributed by atoms with Crippen LogP contribution in [-0.2, 0) is 6.61 Å². The number of rotatable bonds is 4. The Hall–Kier alpha value is -1.75. The molecule has 0 aliphatic heterocycles. The van der Waals surface area contributed by atoms with Crippen LogP contribution in [0.5, 0.6) is 5.75 Å². The monoisotopic (exact) mass is 266 g/mol. The molecule has 0 unspecified atom stereocenters. The van der Waals surface area contributed by atoms with Gasteiger partial charge in [-0.2, -0.15) is 5.10 Å². The molecule has 5 nitrogen and oxygen atoms in total. The summed E-state index contributed by atoms with van der Waals surface area (Å²) in [6, 6.07) is 5.36. The van der Waals surface area contributed by atoms with Gasteiger partial charge in [-0.25, -0.2) is 9.67 Å². The van der Waals surface area contributed by atoms with E-state index in [1.165, 1.54) is 6.33 Å². The lowest BCUT2D eigenvalue weighted by Crippen LogP contribution is -2.11. The first-order valence-electron chi connectivity index (χ1n) is 5.64. The molecule has 0 atom stereocenters. The van der Waals surface area contributed by atoms with E-state index in [9.17, 15) is 0 Å². The maximum Gasteiger partial charge on any atom is 0.165 e. The minimum atomic E-state index is 0.239. The van der Waals surface area contributed by atoms with Crippen LogP contribution >= 0.6 is 11.6 Å². The van der Waals surface area contributed by atoms with E-state index in [-0.39, 0.29) is 6.04 Å². The Kier molecular flexibility index (Phi) is 3.72. The Bertz CT molecular complexity index is 539. The van der Waals surface area contributed by atoms with E-state index in [0.717, 1.165) is 5.82 Å². The second-order valence-electron chi connectivity index (χ2n) is 4.19. The van der Waals surface area contributed by atoms with Crippen LogP contribution in [-0.4, -0.2) is 14.8 Å². The zero-order chi connectivity index (χ0) is 13.1. The van der Waals surface area contributed by atoms with Crippen LogP contribution in [0.4, 0.5) is 5.69 Å². The van der Waals surface area contributed by atoms with Crippen LogP contribution in [0.2, 0.25) is 5.02 Å². The average Bonchev–Trinajstić information content (AvgIpc) is 2.79. The van der Waals surface area contributed by atoms with Crippen molar-refractivity contribution in [3.05, 3.63) is 35.4 Å². The maximum absolute atomic E-state index is 5.89. The number of nitrogen functional groups attached to an aromatic ring is 1. The Morgan fingerprint density at radius 2 is 2.22 bits per heavy atom. The highest BCUT2D eigenvalue weighted by molar-refractivity contribution is 6.30. The minimum Gasteiger partial charge on any atom is -0.483 e. The second-order valence-corrected chi connectivity index (χ2v) is 4.62. The molecular weight excluding hydrogens is 252 g/mol. The highest BCUT2D eigenvalue weighted by Gasteiger charge is 2.09. The quantitative estimate of drug-likeness (QED) is 0.864. The Morgan fingerprint density at radius 1 is 1.44 bits per heavy atom. The number of anilines is 1. The lowest BCUT2D eigenvalue weighted by Gasteiger charge is -2.11. The number of nitrogens with two attached hydrogens (primary N) is 1. The standard InChI is InChI=1S/C12H15ClN4O/c1-8(2)17-12(15-7-16-17)6-18-11-5-9(13)3-4-10(11)14/h3-5,7-8H,6,14H2,1-2H3. The van der Waals surface area contributed by atoms with Gasteiger partial charge in [0.25, 0.3) is 0 Å². The Morgan fingerprint density at radius 3 is 2.94 bits per heavy atom. The predicted octanol–water partition coefficient (Wildman–Crippen LogP) is 2.67. The maximum atomic E-state index is 5.89. The van der Waals surface area contributed by atoms with Crippen LogP contribution in [0.25, 0.3) is 0 Å². The minimum absolute atomic E-state index is 0.239. The average molecular weight is 267 g/mol. The van der Waals surface area contributed by atoms with Gasteiger partial charge in [0.1, 0.15) is 18.7 Å². The molecule has 0 radical (unpaired) electrons. The molecule has 96 valence electrons. The van der Waals surface area contributed by atoms with E-state index < -0.39 is 0 Å². The Balaban J connectivity index is 2.11. The molecule has 0 aliphatic rings. The summed E-state index contributed by atoms with van der Waals surface area (Å²) in [6.07, 6.45) is 1.51. The third-order valence-corrected chi connectivity index (χ3v) is 2.70. The molecule has 0 amide bonds. The predicted molar refractivity (Wildman–Crippen MR) is 70.6 cm³/mol. The van der Waals surface area contributed by atoms with Gasteiger partial charge in [-0.15, -0.1) is 0 Å². The van der Waals surface area contributed by atoms with Crippen LogP contribution < -0.4 is 10.5 Å². The fourth-order valence-corrected chi connectivity index (χ4v) is 1.75. The molecule has 0 saturated heterocycles. The van der Waals surface area contributed by atoms with Crippen LogP contribution in [0.3, 0.4) is 0 Å². The van der Waals surface area contributed by atoms with Crippen molar-refractivity contribution in [2.24, 2.45) is 0 Å². The zero-order valence-electron chi connectivity index (χ0n) is 10.3. The number of hydrogen-bond donors (Lipinski definition) is 1. The second kappa shape index (κ2) is 5.27. The molecule has 1 heterocycles. The normalized spacial score (nSPS) is 10.9. The first kappa shape index (κ1) is 12.7. The lowest BCUT2D eigenvalue weighted by atomic mass is 10.3. The number of nitrogens with zero attached hydrogens (tertiary/aromatic N) is 3. The van der Waals surface area contributed by atoms with Gasteiger partial charge in [0.2, 0.25) is 0 Å². The lowest BCUT2D eigenvalue weighted by molar-refractivity contribution is 0.284. The molecule has 0 bridgehead atoms. The number of hydrogen-bond acceptors (Lipinski definition) is 4. The van der Waals surface area contributed by atoms with Crippen molar-refractivity contribution in [1.82, 2.24) is 14.8 Å². The van der Waals surface area contributed by atoms with E-state index in [4.69, 9.17) is 22.1 Å². The number of ether oxygens (including phenoxy) is 1. The zero-order valence-corrected chi connectivity index (χ0v) is 11.1. The van der Waals surface area contributed by atoms with Gasteiger partial charge in [0.05, 0.1) is 5.69 Å². The fourth-order valence-electron chi connectivity index (χ4n) is 1.58. The molecule has 0 saturated carbocycles. The van der Waals surface area contributed by atoms with E-state index in [2.05, 4.69) is 10.1 Å². The molecule has 0 fully saturated rings. The van der Waals surface area contributed by atoms with Crippen molar-refractivity contribution in [2.75, 3.05) is 5.73 Å². The van der Waals surface area contributed by atoms with Gasteiger partial charge in [0.15, 0.2) is 5.82 Å². The molecule has 6 heteroatoms. The molecule has 1 aromatic carbocycles. The molecule has 0 spiro atoms. The first-order valence-corrected chi connectivity index (χ1v) is 6.02. The van der Waals surface area contributed by atoms with Gasteiger partial charge in [-0.05, 0) is 26.0 Å². The largest absolute Gasteiger partial charge is 0.483 e. The molecule has 2 aromatic rings. The van der Waals surface area contributed by atoms with Gasteiger partial charge < -0.3 is 10.5 Å². The van der Waals surface area contributed by atoms with Crippen LogP contribution in [0.1, 0.15) is 25.7 Å². The van der Waals surface area contributed by atoms with Gasteiger partial charge >= 0.3 is 0 Å². The van der Waals surface area contributed by atoms with Crippen molar-refractivity contribution in [3.8, 4) is 5.75 Å². The molecule has 1 aromatic heterocycles. The first-order chi connectivity index (χ1) is 8.58. The highest BCUT2D eigenvalue weighted by Crippen LogP contribution is 2.26. The summed E-state index contributed by atoms with van der Waals surface area (Å²) in [5.74, 6) is 1.31. The SMILES string of the molecule is CC(C)n1ncnc1COc1cc(Cl)ccc1N. The van der Waals surface area contributed by atoms with E-state index in [1.807, 2.05) is 13.8 Å². The molecule has 0 aliphatic carbocycles. The highest BCUT2D eigenvalue weighted by atomic mass is 35.5. The van der Waals surface area contributed by atoms with Crippen molar-refractivity contribution < 1.29 is 4.74 Å². The third-order valence-electron chi connectivity index (χ3n) is 2.47. The van der Waals surface area contributed by atoms with Gasteiger partial charge in [-0.3, -0.25) is 0 Å². The number of halogens is 1. The fraction of sp³-hybridized carbons (Fsp3) is 0.333. The summed E-state index contributed by atoms with van der Waals surface area (Å²) < 4.78 is 7.43. The summed E-state index contributed by atoms with van der Waals surface area (Å²) in [5, 5.41) is 4.72. The third kappa shape index (κ3) is 2.73. The topological polar surface area (TPSA) is 66.0 Å². The van der Waals surface area contributed by atoms with Crippen LogP contribution in [0.15, 0.2) is 24.5 Å².